The molecule has 1 heterocycles. The molecule has 1 aliphatic carbocycles. The summed E-state index contributed by atoms with van der Waals surface area (Å²) in [6, 6.07) is 7.45. The largest absolute Gasteiger partial charge is 0.465 e. The lowest BCUT2D eigenvalue weighted by molar-refractivity contribution is -0.135. The molecular formula is C26H38N4O6. The highest BCUT2D eigenvalue weighted by molar-refractivity contribution is 5.88. The maximum absolute atomic E-state index is 13.7. The lowest BCUT2D eigenvalue weighted by Crippen LogP contribution is -2.65. The van der Waals surface area contributed by atoms with Crippen LogP contribution in [0.15, 0.2) is 30.3 Å². The van der Waals surface area contributed by atoms with Gasteiger partial charge in [-0.3, -0.25) is 19.3 Å². The zero-order valence-electron chi connectivity index (χ0n) is 21.0. The number of carbonyl (C=O) groups excluding carboxylic acids is 3. The quantitative estimate of drug-likeness (QED) is 0.290. The van der Waals surface area contributed by atoms with Crippen LogP contribution in [0.3, 0.4) is 0 Å². The van der Waals surface area contributed by atoms with Crippen molar-refractivity contribution in [3.05, 3.63) is 35.9 Å². The van der Waals surface area contributed by atoms with Gasteiger partial charge in [-0.1, -0.05) is 44.2 Å². The molecule has 1 aromatic carbocycles. The van der Waals surface area contributed by atoms with Crippen molar-refractivity contribution in [1.82, 2.24) is 15.5 Å². The molecule has 4 atom stereocenters. The van der Waals surface area contributed by atoms with E-state index in [-0.39, 0.29) is 24.7 Å². The highest BCUT2D eigenvalue weighted by Crippen LogP contribution is 2.42. The zero-order valence-corrected chi connectivity index (χ0v) is 21.0. The van der Waals surface area contributed by atoms with E-state index >= 15 is 0 Å². The first-order valence-electron chi connectivity index (χ1n) is 12.7. The fourth-order valence-electron chi connectivity index (χ4n) is 5.43. The Bertz CT molecular complexity index is 949. The molecule has 0 bridgehead atoms. The fourth-order valence-corrected chi connectivity index (χ4v) is 5.43. The van der Waals surface area contributed by atoms with Gasteiger partial charge in [0.2, 0.25) is 17.7 Å². The number of benzene rings is 1. The highest BCUT2D eigenvalue weighted by Gasteiger charge is 2.50. The zero-order chi connectivity index (χ0) is 26.5. The predicted octanol–water partition coefficient (Wildman–Crippen LogP) is 1.40. The molecule has 1 aromatic rings. The number of hydrogen-bond acceptors (Lipinski definition) is 5. The number of hydrogen-bond donors (Lipinski definition) is 5. The minimum atomic E-state index is -1.71. The van der Waals surface area contributed by atoms with Crippen LogP contribution in [0, 0.1) is 11.8 Å². The third-order valence-electron chi connectivity index (χ3n) is 7.39. The maximum Gasteiger partial charge on any atom is 0.408 e. The molecule has 3 unspecified atom stereocenters. The molecule has 1 saturated heterocycles. The summed E-state index contributed by atoms with van der Waals surface area (Å²) in [6.07, 6.45) is 0.501. The SMILES string of the molecule is CC(C)CC(C(=O)NC(C[C@@H]1CCNC1=O)C(O)C(N)=O)N(C(=O)O)C1(Cc2ccccc2)CCC1. The van der Waals surface area contributed by atoms with Gasteiger partial charge < -0.3 is 26.6 Å². The first-order valence-corrected chi connectivity index (χ1v) is 12.7. The third-order valence-corrected chi connectivity index (χ3v) is 7.39. The van der Waals surface area contributed by atoms with E-state index in [1.165, 1.54) is 4.90 Å². The van der Waals surface area contributed by atoms with Crippen molar-refractivity contribution >= 4 is 23.8 Å². The first kappa shape index (κ1) is 27.4. The van der Waals surface area contributed by atoms with E-state index in [0.29, 0.717) is 32.2 Å². The van der Waals surface area contributed by atoms with Gasteiger partial charge in [-0.25, -0.2) is 4.79 Å². The molecule has 198 valence electrons. The summed E-state index contributed by atoms with van der Waals surface area (Å²) in [7, 11) is 0. The Morgan fingerprint density at radius 3 is 2.36 bits per heavy atom. The van der Waals surface area contributed by atoms with E-state index < -0.39 is 47.6 Å². The minimum Gasteiger partial charge on any atom is -0.465 e. The molecule has 2 aliphatic rings. The average Bonchev–Trinajstić information content (AvgIpc) is 3.20. The van der Waals surface area contributed by atoms with Crippen molar-refractivity contribution in [2.45, 2.75) is 82.5 Å². The van der Waals surface area contributed by atoms with E-state index in [0.717, 1.165) is 12.0 Å². The summed E-state index contributed by atoms with van der Waals surface area (Å²) in [5, 5.41) is 26.2. The Morgan fingerprint density at radius 1 is 1.22 bits per heavy atom. The van der Waals surface area contributed by atoms with E-state index in [2.05, 4.69) is 10.6 Å². The van der Waals surface area contributed by atoms with Crippen LogP contribution in [0.5, 0.6) is 0 Å². The van der Waals surface area contributed by atoms with Crippen LogP contribution in [-0.4, -0.2) is 69.2 Å². The molecule has 2 fully saturated rings. The van der Waals surface area contributed by atoms with Gasteiger partial charge in [0, 0.05) is 12.5 Å². The van der Waals surface area contributed by atoms with Crippen LogP contribution in [0.4, 0.5) is 4.79 Å². The molecule has 4 amide bonds. The number of primary amides is 1. The molecule has 0 spiro atoms. The third kappa shape index (κ3) is 6.34. The van der Waals surface area contributed by atoms with Crippen LogP contribution >= 0.6 is 0 Å². The molecule has 6 N–H and O–H groups in total. The number of nitrogens with zero attached hydrogens (tertiary/aromatic N) is 1. The smallest absolute Gasteiger partial charge is 0.408 e. The molecule has 36 heavy (non-hydrogen) atoms. The molecule has 10 heteroatoms. The summed E-state index contributed by atoms with van der Waals surface area (Å²) in [6.45, 7) is 4.29. The van der Waals surface area contributed by atoms with Crippen molar-refractivity contribution < 1.29 is 29.4 Å². The fraction of sp³-hybridized carbons (Fsp3) is 0.615. The number of aliphatic hydroxyl groups is 1. The minimum absolute atomic E-state index is 0.00317. The molecule has 10 nitrogen and oxygen atoms in total. The second-order valence-corrected chi connectivity index (χ2v) is 10.5. The van der Waals surface area contributed by atoms with E-state index in [4.69, 9.17) is 5.73 Å². The van der Waals surface area contributed by atoms with Gasteiger partial charge in [0.25, 0.3) is 0 Å². The van der Waals surface area contributed by atoms with Crippen molar-refractivity contribution in [1.29, 1.82) is 0 Å². The molecule has 0 radical (unpaired) electrons. The van der Waals surface area contributed by atoms with Crippen LogP contribution in [-0.2, 0) is 20.8 Å². The standard InChI is InChI=1S/C26H38N4O6/c1-16(2)13-20(24(34)29-19(21(31)22(27)32)14-18-9-12-28-23(18)33)30(25(35)36)26(10-6-11-26)15-17-7-4-3-5-8-17/h3-5,7-8,16,18-21,31H,6,9-15H2,1-2H3,(H2,27,32)(H,28,33)(H,29,34)(H,35,36)/t18-,19?,20?,21?/m0/s1. The number of carboxylic acid groups (broad SMARTS) is 1. The van der Waals surface area contributed by atoms with Gasteiger partial charge in [0.15, 0.2) is 6.10 Å². The van der Waals surface area contributed by atoms with Crippen LogP contribution in [0.1, 0.15) is 57.9 Å². The molecule has 0 aromatic heterocycles. The number of rotatable bonds is 12. The number of carbonyl (C=O) groups is 4. The summed E-state index contributed by atoms with van der Waals surface area (Å²) in [5.74, 6) is -2.33. The van der Waals surface area contributed by atoms with Gasteiger partial charge in [0.1, 0.15) is 6.04 Å². The van der Waals surface area contributed by atoms with Crippen molar-refractivity contribution in [3.8, 4) is 0 Å². The lowest BCUT2D eigenvalue weighted by Gasteiger charge is -2.52. The van der Waals surface area contributed by atoms with E-state index in [9.17, 15) is 29.4 Å². The molecule has 3 rings (SSSR count). The van der Waals surface area contributed by atoms with Gasteiger partial charge in [0.05, 0.1) is 11.6 Å². The second kappa shape index (κ2) is 11.7. The van der Waals surface area contributed by atoms with Crippen LogP contribution < -0.4 is 16.4 Å². The van der Waals surface area contributed by atoms with Crippen molar-refractivity contribution in [2.24, 2.45) is 17.6 Å². The Morgan fingerprint density at radius 2 is 1.89 bits per heavy atom. The van der Waals surface area contributed by atoms with Gasteiger partial charge in [-0.15, -0.1) is 0 Å². The maximum atomic E-state index is 13.7. The van der Waals surface area contributed by atoms with E-state index in [1.54, 1.807) is 0 Å². The topological polar surface area (TPSA) is 162 Å². The number of aliphatic hydroxyl groups excluding tert-OH is 1. The highest BCUT2D eigenvalue weighted by atomic mass is 16.4. The van der Waals surface area contributed by atoms with Crippen molar-refractivity contribution in [2.75, 3.05) is 6.54 Å². The van der Waals surface area contributed by atoms with Crippen molar-refractivity contribution in [3.63, 3.8) is 0 Å². The Balaban J connectivity index is 1.89. The van der Waals surface area contributed by atoms with E-state index in [1.807, 2.05) is 44.2 Å². The Labute approximate surface area is 211 Å². The predicted molar refractivity (Wildman–Crippen MR) is 133 cm³/mol. The number of amides is 4. The average molecular weight is 503 g/mol. The number of nitrogens with two attached hydrogens (primary N) is 1. The van der Waals surface area contributed by atoms with Crippen LogP contribution in [0.2, 0.25) is 0 Å². The Hall–Kier alpha value is -3.14. The normalized spacial score (nSPS) is 21.1. The molecule has 1 saturated carbocycles. The summed E-state index contributed by atoms with van der Waals surface area (Å²) >= 11 is 0. The number of nitrogens with one attached hydrogen (secondary N) is 2. The second-order valence-electron chi connectivity index (χ2n) is 10.5. The first-order chi connectivity index (χ1) is 17.0. The molecule has 1 aliphatic heterocycles. The summed E-state index contributed by atoms with van der Waals surface area (Å²) in [5.41, 5.74) is 5.59. The lowest BCUT2D eigenvalue weighted by atomic mass is 9.70. The van der Waals surface area contributed by atoms with Gasteiger partial charge in [-0.05, 0) is 56.4 Å². The van der Waals surface area contributed by atoms with Gasteiger partial charge >= 0.3 is 6.09 Å². The summed E-state index contributed by atoms with van der Waals surface area (Å²) < 4.78 is 0. The van der Waals surface area contributed by atoms with Crippen LogP contribution in [0.25, 0.3) is 0 Å². The van der Waals surface area contributed by atoms with Gasteiger partial charge in [-0.2, -0.15) is 0 Å². The monoisotopic (exact) mass is 502 g/mol. The summed E-state index contributed by atoms with van der Waals surface area (Å²) in [4.78, 5) is 51.5. The molecular weight excluding hydrogens is 464 g/mol. The Kier molecular flexibility index (Phi) is 8.94.